The maximum absolute atomic E-state index is 12.3. The van der Waals surface area contributed by atoms with Gasteiger partial charge < -0.3 is 10.2 Å². The third-order valence-electron chi connectivity index (χ3n) is 4.00. The average Bonchev–Trinajstić information content (AvgIpc) is 2.93. The normalized spacial score (nSPS) is 31.6. The summed E-state index contributed by atoms with van der Waals surface area (Å²) in [6.07, 6.45) is 4.63. The van der Waals surface area contributed by atoms with E-state index >= 15 is 0 Å². The second-order valence-corrected chi connectivity index (χ2v) is 4.91. The highest BCUT2D eigenvalue weighted by Crippen LogP contribution is 2.32. The zero-order chi connectivity index (χ0) is 11.8. The summed E-state index contributed by atoms with van der Waals surface area (Å²) in [5.41, 5.74) is 0.590. The summed E-state index contributed by atoms with van der Waals surface area (Å²) in [5.74, 6) is 1.27. The first-order valence-corrected chi connectivity index (χ1v) is 6.04. The van der Waals surface area contributed by atoms with Crippen LogP contribution in [-0.2, 0) is 0 Å². The molecule has 2 aliphatic rings. The molecule has 3 unspecified atom stereocenters. The van der Waals surface area contributed by atoms with Gasteiger partial charge in [0.25, 0.3) is 5.91 Å². The Kier molecular flexibility index (Phi) is 2.55. The molecule has 2 fully saturated rings. The molecular formula is C12H16N4O. The second-order valence-electron chi connectivity index (χ2n) is 4.91. The van der Waals surface area contributed by atoms with Gasteiger partial charge in [-0.3, -0.25) is 4.79 Å². The number of likely N-dealkylation sites (tertiary alicyclic amines) is 1. The highest BCUT2D eigenvalue weighted by atomic mass is 16.2. The molecule has 3 heterocycles. The Balaban J connectivity index is 1.80. The SMILES string of the molecule is CC1C2CNCC2CN1C(=O)c1cncnc1. The van der Waals surface area contributed by atoms with Crippen LogP contribution in [0, 0.1) is 11.8 Å². The molecule has 0 radical (unpaired) electrons. The molecule has 0 aromatic carbocycles. The maximum Gasteiger partial charge on any atom is 0.257 e. The van der Waals surface area contributed by atoms with Crippen LogP contribution in [0.2, 0.25) is 0 Å². The first kappa shape index (κ1) is 10.7. The average molecular weight is 232 g/mol. The van der Waals surface area contributed by atoms with Crippen molar-refractivity contribution in [2.75, 3.05) is 19.6 Å². The van der Waals surface area contributed by atoms with E-state index in [0.29, 0.717) is 23.4 Å². The largest absolute Gasteiger partial charge is 0.335 e. The van der Waals surface area contributed by atoms with Crippen LogP contribution in [0.1, 0.15) is 17.3 Å². The van der Waals surface area contributed by atoms with E-state index in [9.17, 15) is 4.79 Å². The fourth-order valence-corrected chi connectivity index (χ4v) is 3.01. The summed E-state index contributed by atoms with van der Waals surface area (Å²) in [4.78, 5) is 22.1. The lowest BCUT2D eigenvalue weighted by Crippen LogP contribution is -2.38. The van der Waals surface area contributed by atoms with E-state index in [0.717, 1.165) is 19.6 Å². The molecule has 2 aliphatic heterocycles. The van der Waals surface area contributed by atoms with Gasteiger partial charge in [-0.15, -0.1) is 0 Å². The fourth-order valence-electron chi connectivity index (χ4n) is 3.01. The van der Waals surface area contributed by atoms with E-state index in [1.807, 2.05) is 4.90 Å². The monoisotopic (exact) mass is 232 g/mol. The topological polar surface area (TPSA) is 58.1 Å². The van der Waals surface area contributed by atoms with E-state index in [1.165, 1.54) is 6.33 Å². The molecule has 5 heteroatoms. The van der Waals surface area contributed by atoms with Crippen LogP contribution in [0.15, 0.2) is 18.7 Å². The molecule has 1 N–H and O–H groups in total. The van der Waals surface area contributed by atoms with Crippen LogP contribution < -0.4 is 5.32 Å². The molecule has 0 bridgehead atoms. The van der Waals surface area contributed by atoms with Crippen LogP contribution in [0.25, 0.3) is 0 Å². The number of hydrogen-bond acceptors (Lipinski definition) is 4. The van der Waals surface area contributed by atoms with E-state index in [1.54, 1.807) is 12.4 Å². The number of nitrogens with one attached hydrogen (secondary N) is 1. The Labute approximate surface area is 100 Å². The van der Waals surface area contributed by atoms with Gasteiger partial charge in [-0.05, 0) is 18.8 Å². The fraction of sp³-hybridized carbons (Fsp3) is 0.583. The highest BCUT2D eigenvalue weighted by Gasteiger charge is 2.43. The molecule has 0 aliphatic carbocycles. The number of carbonyl (C=O) groups excluding carboxylic acids is 1. The molecule has 3 rings (SSSR count). The smallest absolute Gasteiger partial charge is 0.257 e. The summed E-state index contributed by atoms with van der Waals surface area (Å²) >= 11 is 0. The number of hydrogen-bond donors (Lipinski definition) is 1. The zero-order valence-corrected chi connectivity index (χ0v) is 9.84. The van der Waals surface area contributed by atoms with Crippen molar-refractivity contribution in [2.45, 2.75) is 13.0 Å². The molecule has 5 nitrogen and oxygen atoms in total. The van der Waals surface area contributed by atoms with Gasteiger partial charge in [-0.25, -0.2) is 9.97 Å². The van der Waals surface area contributed by atoms with Gasteiger partial charge in [0.15, 0.2) is 0 Å². The van der Waals surface area contributed by atoms with Crippen molar-refractivity contribution in [3.05, 3.63) is 24.3 Å². The molecule has 1 aromatic rings. The quantitative estimate of drug-likeness (QED) is 0.749. The van der Waals surface area contributed by atoms with Gasteiger partial charge >= 0.3 is 0 Å². The van der Waals surface area contributed by atoms with Crippen molar-refractivity contribution in [2.24, 2.45) is 11.8 Å². The van der Waals surface area contributed by atoms with Gasteiger partial charge in [0.05, 0.1) is 5.56 Å². The Morgan fingerprint density at radius 2 is 2.18 bits per heavy atom. The number of aromatic nitrogens is 2. The van der Waals surface area contributed by atoms with Crippen LogP contribution in [0.4, 0.5) is 0 Å². The minimum Gasteiger partial charge on any atom is -0.335 e. The Hall–Kier alpha value is -1.49. The third kappa shape index (κ3) is 1.70. The number of fused-ring (bicyclic) bond motifs is 1. The summed E-state index contributed by atoms with van der Waals surface area (Å²) in [5, 5.41) is 3.39. The van der Waals surface area contributed by atoms with Gasteiger partial charge in [0, 0.05) is 38.1 Å². The highest BCUT2D eigenvalue weighted by molar-refractivity contribution is 5.94. The second kappa shape index (κ2) is 4.07. The molecule has 1 amide bonds. The summed E-state index contributed by atoms with van der Waals surface area (Å²) < 4.78 is 0. The Bertz CT molecular complexity index is 422. The molecule has 2 saturated heterocycles. The molecule has 1 aromatic heterocycles. The lowest BCUT2D eigenvalue weighted by Gasteiger charge is -2.24. The zero-order valence-electron chi connectivity index (χ0n) is 9.84. The minimum absolute atomic E-state index is 0.0625. The van der Waals surface area contributed by atoms with Gasteiger partial charge in [0.1, 0.15) is 6.33 Å². The summed E-state index contributed by atoms with van der Waals surface area (Å²) in [7, 11) is 0. The lowest BCUT2D eigenvalue weighted by atomic mass is 9.95. The van der Waals surface area contributed by atoms with Crippen molar-refractivity contribution < 1.29 is 4.79 Å². The number of rotatable bonds is 1. The van der Waals surface area contributed by atoms with Crippen LogP contribution in [0.3, 0.4) is 0 Å². The van der Waals surface area contributed by atoms with Gasteiger partial charge in [0.2, 0.25) is 0 Å². The Morgan fingerprint density at radius 3 is 2.88 bits per heavy atom. The first-order chi connectivity index (χ1) is 8.27. The van der Waals surface area contributed by atoms with Crippen LogP contribution >= 0.6 is 0 Å². The van der Waals surface area contributed by atoms with Crippen molar-refractivity contribution in [1.82, 2.24) is 20.2 Å². The lowest BCUT2D eigenvalue weighted by molar-refractivity contribution is 0.0727. The van der Waals surface area contributed by atoms with Crippen molar-refractivity contribution in [1.29, 1.82) is 0 Å². The molecule has 0 saturated carbocycles. The third-order valence-corrected chi connectivity index (χ3v) is 4.00. The van der Waals surface area contributed by atoms with Crippen molar-refractivity contribution in [3.63, 3.8) is 0 Å². The van der Waals surface area contributed by atoms with Crippen LogP contribution in [-0.4, -0.2) is 46.5 Å². The molecular weight excluding hydrogens is 216 g/mol. The predicted molar refractivity (Wildman–Crippen MR) is 62.4 cm³/mol. The minimum atomic E-state index is 0.0625. The van der Waals surface area contributed by atoms with Crippen molar-refractivity contribution >= 4 is 5.91 Å². The van der Waals surface area contributed by atoms with Gasteiger partial charge in [-0.2, -0.15) is 0 Å². The standard InChI is InChI=1S/C12H16N4O/c1-8-11-5-13-4-10(11)6-16(8)12(17)9-2-14-7-15-3-9/h2-3,7-8,10-11,13H,4-6H2,1H3. The molecule has 17 heavy (non-hydrogen) atoms. The first-order valence-electron chi connectivity index (χ1n) is 6.04. The molecule has 0 spiro atoms. The summed E-state index contributed by atoms with van der Waals surface area (Å²) in [6.45, 7) is 5.05. The molecule has 3 atom stereocenters. The van der Waals surface area contributed by atoms with Gasteiger partial charge in [-0.1, -0.05) is 0 Å². The van der Waals surface area contributed by atoms with Crippen molar-refractivity contribution in [3.8, 4) is 0 Å². The predicted octanol–water partition coefficient (Wildman–Crippen LogP) is 0.156. The Morgan fingerprint density at radius 1 is 1.41 bits per heavy atom. The van der Waals surface area contributed by atoms with E-state index < -0.39 is 0 Å². The van der Waals surface area contributed by atoms with E-state index in [-0.39, 0.29) is 5.91 Å². The number of amides is 1. The number of nitrogens with zero attached hydrogens (tertiary/aromatic N) is 3. The summed E-state index contributed by atoms with van der Waals surface area (Å²) in [6, 6.07) is 0.308. The molecule has 90 valence electrons. The van der Waals surface area contributed by atoms with E-state index in [2.05, 4.69) is 22.2 Å². The maximum atomic E-state index is 12.3. The van der Waals surface area contributed by atoms with Crippen LogP contribution in [0.5, 0.6) is 0 Å². The number of carbonyl (C=O) groups is 1. The van der Waals surface area contributed by atoms with E-state index in [4.69, 9.17) is 0 Å².